The minimum Gasteiger partial charge on any atom is -0.317 e. The number of hydrogen-bond acceptors (Lipinski definition) is 5. The van der Waals surface area contributed by atoms with Gasteiger partial charge in [-0.25, -0.2) is 0 Å². The topological polar surface area (TPSA) is 64.9 Å². The number of nitrogens with zero attached hydrogens (tertiary/aromatic N) is 1. The van der Waals surface area contributed by atoms with Crippen LogP contribution in [0.5, 0.6) is 0 Å². The zero-order valence-corrected chi connectivity index (χ0v) is 15.2. The van der Waals surface area contributed by atoms with Crippen LogP contribution in [0, 0.1) is 16.7 Å². The Balaban J connectivity index is 1.88. The molecule has 0 saturated carbocycles. The van der Waals surface area contributed by atoms with E-state index in [0.29, 0.717) is 23.5 Å². The average molecular weight is 348 g/mol. The summed E-state index contributed by atoms with van der Waals surface area (Å²) in [6, 6.07) is 8.18. The summed E-state index contributed by atoms with van der Waals surface area (Å²) >= 11 is 3.10. The second kappa shape index (κ2) is 7.73. The molecule has 1 amide bonds. The van der Waals surface area contributed by atoms with Crippen LogP contribution in [0.25, 0.3) is 0 Å². The maximum atomic E-state index is 12.0. The lowest BCUT2D eigenvalue weighted by Crippen LogP contribution is -2.33. The summed E-state index contributed by atoms with van der Waals surface area (Å²) < 4.78 is 0. The van der Waals surface area contributed by atoms with Crippen LogP contribution in [0.3, 0.4) is 0 Å². The largest absolute Gasteiger partial charge is 0.317 e. The molecule has 0 aliphatic rings. The first-order chi connectivity index (χ1) is 10.9. The van der Waals surface area contributed by atoms with Gasteiger partial charge in [0.15, 0.2) is 0 Å². The first kappa shape index (κ1) is 17.7. The highest BCUT2D eigenvalue weighted by atomic mass is 32.1. The highest BCUT2D eigenvalue weighted by Gasteiger charge is 2.26. The first-order valence-corrected chi connectivity index (χ1v) is 9.22. The lowest BCUT2D eigenvalue weighted by molar-refractivity contribution is -0.116. The fourth-order valence-electron chi connectivity index (χ4n) is 2.30. The molecule has 0 spiro atoms. The number of nitriles is 1. The molecule has 2 heterocycles. The van der Waals surface area contributed by atoms with Crippen molar-refractivity contribution < 1.29 is 4.79 Å². The smallest absolute Gasteiger partial charge is 0.226 e. The van der Waals surface area contributed by atoms with Gasteiger partial charge < -0.3 is 10.6 Å². The number of rotatable bonds is 6. The second-order valence-electron chi connectivity index (χ2n) is 6.34. The van der Waals surface area contributed by atoms with E-state index >= 15 is 0 Å². The van der Waals surface area contributed by atoms with Crippen molar-refractivity contribution in [3.05, 3.63) is 39.4 Å². The average Bonchev–Trinajstić information content (AvgIpc) is 3.13. The Labute approximate surface area is 145 Å². The van der Waals surface area contributed by atoms with Crippen molar-refractivity contribution in [3.63, 3.8) is 0 Å². The third-order valence-corrected chi connectivity index (χ3v) is 5.20. The Morgan fingerprint density at radius 2 is 2.09 bits per heavy atom. The molecule has 0 unspecified atom stereocenters. The fourth-order valence-corrected chi connectivity index (χ4v) is 4.10. The normalized spacial score (nSPS) is 12.6. The van der Waals surface area contributed by atoms with Crippen LogP contribution in [-0.2, 0) is 4.79 Å². The molecule has 0 saturated heterocycles. The molecule has 0 fully saturated rings. The van der Waals surface area contributed by atoms with Crippen LogP contribution in [0.15, 0.2) is 29.0 Å². The minimum atomic E-state index is -0.0738. The van der Waals surface area contributed by atoms with E-state index in [9.17, 15) is 4.79 Å². The van der Waals surface area contributed by atoms with Gasteiger partial charge in [0.1, 0.15) is 11.1 Å². The lowest BCUT2D eigenvalue weighted by Gasteiger charge is -2.31. The van der Waals surface area contributed by atoms with E-state index < -0.39 is 0 Å². The van der Waals surface area contributed by atoms with Crippen molar-refractivity contribution in [2.45, 2.75) is 33.2 Å². The number of carbonyl (C=O) groups is 1. The summed E-state index contributed by atoms with van der Waals surface area (Å²) in [7, 11) is 0. The van der Waals surface area contributed by atoms with Crippen LogP contribution in [0.4, 0.5) is 5.00 Å². The zero-order chi connectivity index (χ0) is 16.9. The van der Waals surface area contributed by atoms with Gasteiger partial charge in [-0.1, -0.05) is 26.8 Å². The molecule has 4 nitrogen and oxygen atoms in total. The molecule has 0 bridgehead atoms. The van der Waals surface area contributed by atoms with Crippen molar-refractivity contribution in [3.8, 4) is 6.07 Å². The third-order valence-electron chi connectivity index (χ3n) is 3.43. The highest BCUT2D eigenvalue weighted by Crippen LogP contribution is 2.35. The number of amides is 1. The number of carbonyl (C=O) groups excluding carboxylic acids is 1. The molecule has 6 heteroatoms. The molecule has 2 rings (SSSR count). The van der Waals surface area contributed by atoms with E-state index in [0.717, 1.165) is 0 Å². The van der Waals surface area contributed by atoms with Crippen LogP contribution in [0.1, 0.15) is 43.7 Å². The van der Waals surface area contributed by atoms with Gasteiger partial charge in [0.2, 0.25) is 5.91 Å². The molecule has 2 aromatic rings. The maximum absolute atomic E-state index is 12.0. The maximum Gasteiger partial charge on any atom is 0.226 e. The second-order valence-corrected chi connectivity index (χ2v) is 8.24. The molecule has 23 heavy (non-hydrogen) atoms. The molecule has 0 aliphatic carbocycles. The summed E-state index contributed by atoms with van der Waals surface area (Å²) in [6.07, 6.45) is 0.376. The van der Waals surface area contributed by atoms with E-state index in [2.05, 4.69) is 48.9 Å². The van der Waals surface area contributed by atoms with E-state index in [1.807, 2.05) is 6.07 Å². The van der Waals surface area contributed by atoms with Crippen molar-refractivity contribution >= 4 is 33.6 Å². The molecule has 2 aromatic heterocycles. The number of nitrogens with one attached hydrogen (secondary N) is 2. The number of thiophene rings is 2. The minimum absolute atomic E-state index is 0.0725. The van der Waals surface area contributed by atoms with Gasteiger partial charge in [-0.3, -0.25) is 4.79 Å². The van der Waals surface area contributed by atoms with Gasteiger partial charge >= 0.3 is 0 Å². The Bertz CT molecular complexity index is 678. The number of anilines is 1. The first-order valence-electron chi connectivity index (χ1n) is 7.46. The third kappa shape index (κ3) is 4.90. The van der Waals surface area contributed by atoms with Crippen LogP contribution in [-0.4, -0.2) is 12.5 Å². The van der Waals surface area contributed by atoms with Crippen molar-refractivity contribution in [2.75, 3.05) is 11.9 Å². The summed E-state index contributed by atoms with van der Waals surface area (Å²) in [5.74, 6) is -0.0738. The van der Waals surface area contributed by atoms with Gasteiger partial charge in [0.05, 0.1) is 5.56 Å². The molecule has 0 aromatic carbocycles. The molecule has 1 atom stereocenters. The summed E-state index contributed by atoms with van der Waals surface area (Å²) in [5, 5.41) is 19.8. The highest BCUT2D eigenvalue weighted by molar-refractivity contribution is 7.14. The van der Waals surface area contributed by atoms with Gasteiger partial charge in [0.25, 0.3) is 0 Å². The standard InChI is InChI=1S/C17H21N3OS2/c1-17(2,3)15(13-5-4-9-22-13)19-8-6-14(21)20-16-12(11-18)7-10-23-16/h4-5,7,9-10,15,19H,6,8H2,1-3H3,(H,20,21)/t15-/m0/s1. The lowest BCUT2D eigenvalue weighted by atomic mass is 9.85. The summed E-state index contributed by atoms with van der Waals surface area (Å²) in [5.41, 5.74) is 0.589. The summed E-state index contributed by atoms with van der Waals surface area (Å²) in [6.45, 7) is 7.17. The quantitative estimate of drug-likeness (QED) is 0.814. The van der Waals surface area contributed by atoms with E-state index in [1.165, 1.54) is 16.2 Å². The Kier molecular flexibility index (Phi) is 5.94. The van der Waals surface area contributed by atoms with E-state index in [4.69, 9.17) is 5.26 Å². The van der Waals surface area contributed by atoms with Gasteiger partial charge in [0, 0.05) is 23.9 Å². The predicted molar refractivity (Wildman–Crippen MR) is 96.8 cm³/mol. The van der Waals surface area contributed by atoms with Gasteiger partial charge in [-0.05, 0) is 28.3 Å². The summed E-state index contributed by atoms with van der Waals surface area (Å²) in [4.78, 5) is 13.3. The molecule has 0 radical (unpaired) electrons. The molecule has 122 valence electrons. The Morgan fingerprint density at radius 3 is 2.70 bits per heavy atom. The molecule has 2 N–H and O–H groups in total. The number of hydrogen-bond donors (Lipinski definition) is 2. The van der Waals surface area contributed by atoms with E-state index in [1.54, 1.807) is 22.8 Å². The molecular formula is C17H21N3OS2. The van der Waals surface area contributed by atoms with Crippen molar-refractivity contribution in [1.29, 1.82) is 5.26 Å². The van der Waals surface area contributed by atoms with Crippen LogP contribution in [0.2, 0.25) is 0 Å². The van der Waals surface area contributed by atoms with Crippen molar-refractivity contribution in [2.24, 2.45) is 5.41 Å². The van der Waals surface area contributed by atoms with E-state index in [-0.39, 0.29) is 17.4 Å². The van der Waals surface area contributed by atoms with Crippen LogP contribution >= 0.6 is 22.7 Å². The fraction of sp³-hybridized carbons (Fsp3) is 0.412. The monoisotopic (exact) mass is 347 g/mol. The van der Waals surface area contributed by atoms with Crippen LogP contribution < -0.4 is 10.6 Å². The van der Waals surface area contributed by atoms with Crippen molar-refractivity contribution in [1.82, 2.24) is 5.32 Å². The molecule has 0 aliphatic heterocycles. The molecular weight excluding hydrogens is 326 g/mol. The van der Waals surface area contributed by atoms with Gasteiger partial charge in [-0.2, -0.15) is 5.26 Å². The zero-order valence-electron chi connectivity index (χ0n) is 13.6. The Hall–Kier alpha value is -1.68. The van der Waals surface area contributed by atoms with Gasteiger partial charge in [-0.15, -0.1) is 22.7 Å². The SMILES string of the molecule is CC(C)(C)[C@@H](NCCC(=O)Nc1sccc1C#N)c1cccs1. The Morgan fingerprint density at radius 1 is 1.30 bits per heavy atom. The predicted octanol–water partition coefficient (Wildman–Crippen LogP) is 4.39.